The summed E-state index contributed by atoms with van der Waals surface area (Å²) in [5.74, 6) is 0.820. The van der Waals surface area contributed by atoms with Gasteiger partial charge in [0.05, 0.1) is 9.93 Å². The first-order chi connectivity index (χ1) is 15.5. The van der Waals surface area contributed by atoms with Gasteiger partial charge in [0, 0.05) is 23.1 Å². The van der Waals surface area contributed by atoms with E-state index in [1.807, 2.05) is 6.08 Å². The van der Waals surface area contributed by atoms with Crippen LogP contribution in [0.2, 0.25) is 5.02 Å². The number of benzene rings is 4. The summed E-state index contributed by atoms with van der Waals surface area (Å²) in [4.78, 5) is 14.5. The molecule has 1 aliphatic carbocycles. The van der Waals surface area contributed by atoms with Gasteiger partial charge in [0.1, 0.15) is 0 Å². The minimum atomic E-state index is 0.247. The average molecular weight is 455 g/mol. The maximum atomic E-state index is 12.4. The second-order valence-electron chi connectivity index (χ2n) is 9.30. The van der Waals surface area contributed by atoms with E-state index in [9.17, 15) is 4.79 Å². The van der Waals surface area contributed by atoms with E-state index in [1.165, 1.54) is 43.0 Å². The Morgan fingerprint density at radius 1 is 0.938 bits per heavy atom. The Kier molecular flexibility index (Phi) is 4.71. The van der Waals surface area contributed by atoms with Crippen LogP contribution in [0.3, 0.4) is 0 Å². The first-order valence-corrected chi connectivity index (χ1v) is 12.4. The normalized spacial score (nSPS) is 15.8. The third-order valence-electron chi connectivity index (χ3n) is 6.61. The van der Waals surface area contributed by atoms with E-state index in [0.717, 1.165) is 33.7 Å². The molecule has 2 aliphatic rings. The molecule has 0 unspecified atom stereocenters. The number of halogens is 1. The van der Waals surface area contributed by atoms with E-state index >= 15 is 0 Å². The van der Waals surface area contributed by atoms with Crippen molar-refractivity contribution in [2.45, 2.75) is 38.0 Å². The van der Waals surface area contributed by atoms with Crippen LogP contribution in [-0.4, -0.2) is 5.78 Å². The van der Waals surface area contributed by atoms with Gasteiger partial charge in [-0.3, -0.25) is 4.79 Å². The van der Waals surface area contributed by atoms with E-state index in [1.54, 1.807) is 11.8 Å². The van der Waals surface area contributed by atoms with E-state index in [2.05, 4.69) is 68.5 Å². The molecule has 0 atom stereocenters. The Balaban J connectivity index is 1.54. The van der Waals surface area contributed by atoms with Gasteiger partial charge in [0.2, 0.25) is 0 Å². The van der Waals surface area contributed by atoms with Gasteiger partial charge in [-0.2, -0.15) is 0 Å². The molecule has 32 heavy (non-hydrogen) atoms. The van der Waals surface area contributed by atoms with Gasteiger partial charge in [-0.05, 0) is 74.2 Å². The number of carbonyl (C=O) groups is 1. The average Bonchev–Trinajstić information content (AvgIpc) is 2.78. The Morgan fingerprint density at radius 2 is 1.69 bits per heavy atom. The molecule has 1 aliphatic heterocycles. The van der Waals surface area contributed by atoms with Crippen LogP contribution in [0.4, 0.5) is 0 Å². The summed E-state index contributed by atoms with van der Waals surface area (Å²) in [5, 5.41) is 8.21. The Bertz CT molecular complexity index is 1520. The predicted molar refractivity (Wildman–Crippen MR) is 138 cm³/mol. The highest BCUT2D eigenvalue weighted by Gasteiger charge is 2.25. The van der Waals surface area contributed by atoms with Crippen molar-refractivity contribution in [1.82, 2.24) is 0 Å². The molecule has 0 saturated heterocycles. The summed E-state index contributed by atoms with van der Waals surface area (Å²) in [5.41, 5.74) is 3.71. The molecule has 0 spiro atoms. The number of ketones is 1. The lowest BCUT2D eigenvalue weighted by Crippen LogP contribution is -2.11. The van der Waals surface area contributed by atoms with Gasteiger partial charge in [0.15, 0.2) is 5.78 Å². The highest BCUT2D eigenvalue weighted by atomic mass is 35.5. The van der Waals surface area contributed by atoms with Gasteiger partial charge in [-0.15, -0.1) is 0 Å². The summed E-state index contributed by atoms with van der Waals surface area (Å²) in [6.07, 6.45) is 6.46. The fraction of sp³-hybridized carbons (Fsp3) is 0.207. The zero-order valence-corrected chi connectivity index (χ0v) is 19.7. The Labute approximate surface area is 197 Å². The van der Waals surface area contributed by atoms with Crippen molar-refractivity contribution in [3.63, 3.8) is 0 Å². The largest absolute Gasteiger partial charge is 0.293 e. The Morgan fingerprint density at radius 3 is 2.53 bits per heavy atom. The van der Waals surface area contributed by atoms with E-state index in [0.29, 0.717) is 12.3 Å². The molecular formula is C29H23ClOS. The number of rotatable bonds is 2. The number of fused-ring (bicyclic) bond motifs is 6. The fourth-order valence-corrected chi connectivity index (χ4v) is 6.54. The van der Waals surface area contributed by atoms with Gasteiger partial charge < -0.3 is 0 Å². The molecule has 1 heterocycles. The van der Waals surface area contributed by atoms with E-state index in [-0.39, 0.29) is 5.78 Å². The molecule has 0 fully saturated rings. The fourth-order valence-electron chi connectivity index (χ4n) is 5.11. The maximum absolute atomic E-state index is 12.4. The summed E-state index contributed by atoms with van der Waals surface area (Å²) >= 11 is 8.48. The van der Waals surface area contributed by atoms with Crippen molar-refractivity contribution in [3.05, 3.63) is 87.3 Å². The summed E-state index contributed by atoms with van der Waals surface area (Å²) in [7, 11) is 0. The van der Waals surface area contributed by atoms with Crippen LogP contribution in [0.25, 0.3) is 32.3 Å². The van der Waals surface area contributed by atoms with Gasteiger partial charge in [-0.1, -0.05) is 79.7 Å². The number of hydrogen-bond acceptors (Lipinski definition) is 2. The molecule has 0 amide bonds. The molecule has 6 rings (SSSR count). The summed E-state index contributed by atoms with van der Waals surface area (Å²) < 4.78 is 0. The van der Waals surface area contributed by atoms with Crippen molar-refractivity contribution in [3.8, 4) is 0 Å². The molecular weight excluding hydrogens is 432 g/mol. The number of thioether (sulfide) groups is 1. The number of allylic oxidation sites excluding steroid dienone is 4. The third-order valence-corrected chi connectivity index (χ3v) is 8.36. The van der Waals surface area contributed by atoms with Crippen molar-refractivity contribution in [2.24, 2.45) is 5.92 Å². The maximum Gasteiger partial charge on any atom is 0.173 e. The molecule has 3 heteroatoms. The van der Waals surface area contributed by atoms with Crippen LogP contribution in [0.15, 0.2) is 76.1 Å². The molecule has 0 aromatic heterocycles. The second-order valence-corrected chi connectivity index (χ2v) is 10.7. The molecule has 158 valence electrons. The molecule has 0 saturated carbocycles. The van der Waals surface area contributed by atoms with Crippen LogP contribution < -0.4 is 0 Å². The topological polar surface area (TPSA) is 17.1 Å². The standard InChI is InChI=1S/C29H23ClOS/c1-16(2)12-19-7-6-18-13-23-17(14-24(18)28(19)30)8-9-22-21(23)10-11-27-25(22)15-20-4-3-5-26(31)29(20)32-27/h3-4,6-11,13-14,16H,5,12,15H2,1-2H3. The molecule has 4 aromatic rings. The SMILES string of the molecule is CC(C)Cc1ccc2cc3c(ccc4c5c(ccc43)SC3=C(C=CCC3=O)C5)cc2c1Cl. The first kappa shape index (κ1) is 20.1. The van der Waals surface area contributed by atoms with Crippen molar-refractivity contribution >= 4 is 61.5 Å². The van der Waals surface area contributed by atoms with Gasteiger partial charge >= 0.3 is 0 Å². The van der Waals surface area contributed by atoms with E-state index in [4.69, 9.17) is 11.6 Å². The smallest absolute Gasteiger partial charge is 0.173 e. The minimum Gasteiger partial charge on any atom is -0.293 e. The quantitative estimate of drug-likeness (QED) is 0.223. The Hall–Kier alpha value is -2.55. The first-order valence-electron chi connectivity index (χ1n) is 11.2. The zero-order valence-electron chi connectivity index (χ0n) is 18.2. The molecule has 0 bridgehead atoms. The lowest BCUT2D eigenvalue weighted by molar-refractivity contribution is -0.114. The third kappa shape index (κ3) is 3.12. The molecule has 0 N–H and O–H groups in total. The lowest BCUT2D eigenvalue weighted by atomic mass is 9.91. The predicted octanol–water partition coefficient (Wildman–Crippen LogP) is 8.43. The highest BCUT2D eigenvalue weighted by Crippen LogP contribution is 2.45. The summed E-state index contributed by atoms with van der Waals surface area (Å²) in [6, 6.07) is 17.8. The van der Waals surface area contributed by atoms with Gasteiger partial charge in [-0.25, -0.2) is 0 Å². The zero-order chi connectivity index (χ0) is 22.0. The monoisotopic (exact) mass is 454 g/mol. The molecule has 1 nitrogen and oxygen atoms in total. The van der Waals surface area contributed by atoms with Crippen LogP contribution in [-0.2, 0) is 17.6 Å². The van der Waals surface area contributed by atoms with E-state index < -0.39 is 0 Å². The van der Waals surface area contributed by atoms with Crippen molar-refractivity contribution < 1.29 is 4.79 Å². The van der Waals surface area contributed by atoms with Crippen LogP contribution in [0, 0.1) is 5.92 Å². The van der Waals surface area contributed by atoms with Crippen LogP contribution in [0.1, 0.15) is 31.4 Å². The van der Waals surface area contributed by atoms with Crippen LogP contribution >= 0.6 is 23.4 Å². The number of carbonyl (C=O) groups excluding carboxylic acids is 1. The minimum absolute atomic E-state index is 0.247. The van der Waals surface area contributed by atoms with Crippen LogP contribution in [0.5, 0.6) is 0 Å². The second kappa shape index (κ2) is 7.50. The highest BCUT2D eigenvalue weighted by molar-refractivity contribution is 8.04. The molecule has 4 aromatic carbocycles. The molecule has 0 radical (unpaired) electrons. The van der Waals surface area contributed by atoms with Gasteiger partial charge in [0.25, 0.3) is 0 Å². The summed E-state index contributed by atoms with van der Waals surface area (Å²) in [6.45, 7) is 4.45. The number of hydrogen-bond donors (Lipinski definition) is 0. The lowest BCUT2D eigenvalue weighted by Gasteiger charge is -2.24. The van der Waals surface area contributed by atoms with Crippen molar-refractivity contribution in [2.75, 3.05) is 0 Å². The van der Waals surface area contributed by atoms with Crippen molar-refractivity contribution in [1.29, 1.82) is 0 Å². The number of Topliss-reactive ketones (excluding diaryl/α,β-unsaturated/α-hetero) is 1.